The number of nitrogens with one attached hydrogen (secondary N) is 1. The van der Waals surface area contributed by atoms with Crippen LogP contribution in [0.25, 0.3) is 5.82 Å². The Morgan fingerprint density at radius 1 is 1.16 bits per heavy atom. The standard InChI is InChI=1S/C17H15N5O3/c23-17(12-4-5-14-15(9-12)25-8-2-7-24-14)21-13-3-1-6-19-16(13)22-11-18-10-20-22/h1,3-6,9-11H,2,7-8H2,(H,21,23). The first kappa shape index (κ1) is 15.1. The summed E-state index contributed by atoms with van der Waals surface area (Å²) in [7, 11) is 0. The van der Waals surface area contributed by atoms with E-state index in [4.69, 9.17) is 9.47 Å². The molecule has 0 unspecified atom stereocenters. The summed E-state index contributed by atoms with van der Waals surface area (Å²) in [5, 5.41) is 6.90. The Hall–Kier alpha value is -3.42. The molecule has 1 aromatic carbocycles. The summed E-state index contributed by atoms with van der Waals surface area (Å²) < 4.78 is 12.7. The van der Waals surface area contributed by atoms with Crippen molar-refractivity contribution < 1.29 is 14.3 Å². The number of rotatable bonds is 3. The minimum absolute atomic E-state index is 0.273. The number of amides is 1. The summed E-state index contributed by atoms with van der Waals surface area (Å²) >= 11 is 0. The molecule has 8 heteroatoms. The second-order valence-corrected chi connectivity index (χ2v) is 5.38. The fourth-order valence-corrected chi connectivity index (χ4v) is 2.49. The highest BCUT2D eigenvalue weighted by Crippen LogP contribution is 2.30. The first-order chi connectivity index (χ1) is 12.3. The van der Waals surface area contributed by atoms with E-state index in [1.165, 1.54) is 17.3 Å². The lowest BCUT2D eigenvalue weighted by molar-refractivity contribution is 0.102. The molecule has 0 atom stereocenters. The molecule has 1 aliphatic heterocycles. The molecule has 0 saturated heterocycles. The van der Waals surface area contributed by atoms with E-state index in [0.717, 1.165) is 6.42 Å². The molecule has 0 aliphatic carbocycles. The Balaban J connectivity index is 1.60. The SMILES string of the molecule is O=C(Nc1cccnc1-n1cncn1)c1ccc2c(c1)OCCCO2. The van der Waals surface area contributed by atoms with Crippen LogP contribution in [0.5, 0.6) is 11.5 Å². The van der Waals surface area contributed by atoms with Crippen molar-refractivity contribution in [1.29, 1.82) is 0 Å². The molecule has 25 heavy (non-hydrogen) atoms. The van der Waals surface area contributed by atoms with Crippen molar-refractivity contribution in [3.63, 3.8) is 0 Å². The molecule has 0 radical (unpaired) electrons. The zero-order valence-electron chi connectivity index (χ0n) is 13.3. The lowest BCUT2D eigenvalue weighted by Gasteiger charge is -2.11. The van der Waals surface area contributed by atoms with Crippen molar-refractivity contribution in [3.8, 4) is 17.3 Å². The van der Waals surface area contributed by atoms with Crippen LogP contribution in [0.2, 0.25) is 0 Å². The summed E-state index contributed by atoms with van der Waals surface area (Å²) in [5.41, 5.74) is 1.00. The van der Waals surface area contributed by atoms with Gasteiger partial charge in [0.1, 0.15) is 12.7 Å². The van der Waals surface area contributed by atoms with Gasteiger partial charge < -0.3 is 14.8 Å². The van der Waals surface area contributed by atoms with Gasteiger partial charge in [0.05, 0.1) is 18.9 Å². The number of aromatic nitrogens is 4. The van der Waals surface area contributed by atoms with Crippen LogP contribution in [-0.2, 0) is 0 Å². The van der Waals surface area contributed by atoms with Gasteiger partial charge in [-0.3, -0.25) is 4.79 Å². The number of pyridine rings is 1. The molecule has 0 saturated carbocycles. The topological polar surface area (TPSA) is 91.2 Å². The lowest BCUT2D eigenvalue weighted by Crippen LogP contribution is -2.15. The normalized spacial score (nSPS) is 13.1. The third kappa shape index (κ3) is 3.14. The number of hydrogen-bond acceptors (Lipinski definition) is 6. The molecule has 1 amide bonds. The van der Waals surface area contributed by atoms with Crippen LogP contribution >= 0.6 is 0 Å². The molecule has 2 aromatic heterocycles. The smallest absolute Gasteiger partial charge is 0.255 e. The zero-order chi connectivity index (χ0) is 17.1. The van der Waals surface area contributed by atoms with Gasteiger partial charge in [0, 0.05) is 18.2 Å². The second kappa shape index (κ2) is 6.60. The predicted molar refractivity (Wildman–Crippen MR) is 89.2 cm³/mol. The van der Waals surface area contributed by atoms with Gasteiger partial charge in [0.2, 0.25) is 0 Å². The van der Waals surface area contributed by atoms with Crippen LogP contribution < -0.4 is 14.8 Å². The third-order valence-electron chi connectivity index (χ3n) is 3.68. The number of fused-ring (bicyclic) bond motifs is 1. The van der Waals surface area contributed by atoms with Gasteiger partial charge in [-0.2, -0.15) is 5.10 Å². The molecule has 4 rings (SSSR count). The number of nitrogens with zero attached hydrogens (tertiary/aromatic N) is 4. The average molecular weight is 337 g/mol. The van der Waals surface area contributed by atoms with Crippen molar-refractivity contribution in [1.82, 2.24) is 19.7 Å². The molecular formula is C17H15N5O3. The molecule has 8 nitrogen and oxygen atoms in total. The van der Waals surface area contributed by atoms with Crippen molar-refractivity contribution >= 4 is 11.6 Å². The fraction of sp³-hybridized carbons (Fsp3) is 0.176. The summed E-state index contributed by atoms with van der Waals surface area (Å²) in [6.45, 7) is 1.17. The quantitative estimate of drug-likeness (QED) is 0.787. The van der Waals surface area contributed by atoms with Crippen molar-refractivity contribution in [2.75, 3.05) is 18.5 Å². The molecule has 1 N–H and O–H groups in total. The number of carbonyl (C=O) groups is 1. The Morgan fingerprint density at radius 2 is 2.04 bits per heavy atom. The number of anilines is 1. The van der Waals surface area contributed by atoms with Crippen LogP contribution in [0.15, 0.2) is 49.2 Å². The van der Waals surface area contributed by atoms with E-state index in [1.807, 2.05) is 0 Å². The van der Waals surface area contributed by atoms with Gasteiger partial charge in [-0.05, 0) is 30.3 Å². The minimum atomic E-state index is -0.273. The van der Waals surface area contributed by atoms with Crippen molar-refractivity contribution in [3.05, 3.63) is 54.7 Å². The number of benzene rings is 1. The fourth-order valence-electron chi connectivity index (χ4n) is 2.49. The first-order valence-electron chi connectivity index (χ1n) is 7.82. The van der Waals surface area contributed by atoms with Gasteiger partial charge >= 0.3 is 0 Å². The molecule has 0 bridgehead atoms. The predicted octanol–water partition coefficient (Wildman–Crippen LogP) is 2.08. The molecule has 0 spiro atoms. The largest absolute Gasteiger partial charge is 0.490 e. The summed E-state index contributed by atoms with van der Waals surface area (Å²) in [6.07, 6.45) is 5.36. The summed E-state index contributed by atoms with van der Waals surface area (Å²) in [5.74, 6) is 1.44. The van der Waals surface area contributed by atoms with Crippen LogP contribution in [0, 0.1) is 0 Å². The van der Waals surface area contributed by atoms with Crippen LogP contribution in [-0.4, -0.2) is 38.9 Å². The van der Waals surface area contributed by atoms with Gasteiger partial charge in [0.15, 0.2) is 17.3 Å². The zero-order valence-corrected chi connectivity index (χ0v) is 13.3. The Morgan fingerprint density at radius 3 is 2.88 bits per heavy atom. The summed E-state index contributed by atoms with van der Waals surface area (Å²) in [4.78, 5) is 20.8. The van der Waals surface area contributed by atoms with E-state index in [1.54, 1.807) is 36.5 Å². The minimum Gasteiger partial charge on any atom is -0.490 e. The molecule has 3 heterocycles. The van der Waals surface area contributed by atoms with Gasteiger partial charge in [0.25, 0.3) is 5.91 Å². The van der Waals surface area contributed by atoms with Crippen LogP contribution in [0.3, 0.4) is 0 Å². The third-order valence-corrected chi connectivity index (χ3v) is 3.68. The van der Waals surface area contributed by atoms with E-state index >= 15 is 0 Å². The Bertz CT molecular complexity index is 895. The molecule has 3 aromatic rings. The molecule has 0 fully saturated rings. The van der Waals surface area contributed by atoms with E-state index in [9.17, 15) is 4.79 Å². The average Bonchev–Trinajstić information content (AvgIpc) is 3.07. The number of hydrogen-bond donors (Lipinski definition) is 1. The molecule has 126 valence electrons. The molecule has 1 aliphatic rings. The van der Waals surface area contributed by atoms with E-state index in [0.29, 0.717) is 41.8 Å². The Kier molecular flexibility index (Phi) is 3.99. The maximum Gasteiger partial charge on any atom is 0.255 e. The highest BCUT2D eigenvalue weighted by molar-refractivity contribution is 6.05. The van der Waals surface area contributed by atoms with Crippen LogP contribution in [0.4, 0.5) is 5.69 Å². The van der Waals surface area contributed by atoms with E-state index in [2.05, 4.69) is 20.4 Å². The lowest BCUT2D eigenvalue weighted by atomic mass is 10.2. The molecular weight excluding hydrogens is 322 g/mol. The van der Waals surface area contributed by atoms with Gasteiger partial charge in [-0.25, -0.2) is 14.6 Å². The number of ether oxygens (including phenoxy) is 2. The maximum absolute atomic E-state index is 12.6. The van der Waals surface area contributed by atoms with E-state index in [-0.39, 0.29) is 5.91 Å². The highest BCUT2D eigenvalue weighted by Gasteiger charge is 2.16. The summed E-state index contributed by atoms with van der Waals surface area (Å²) in [6, 6.07) is 8.63. The number of carbonyl (C=O) groups excluding carboxylic acids is 1. The van der Waals surface area contributed by atoms with E-state index < -0.39 is 0 Å². The highest BCUT2D eigenvalue weighted by atomic mass is 16.5. The maximum atomic E-state index is 12.6. The van der Waals surface area contributed by atoms with Gasteiger partial charge in [-0.15, -0.1) is 0 Å². The van der Waals surface area contributed by atoms with Gasteiger partial charge in [-0.1, -0.05) is 0 Å². The second-order valence-electron chi connectivity index (χ2n) is 5.38. The van der Waals surface area contributed by atoms with Crippen molar-refractivity contribution in [2.45, 2.75) is 6.42 Å². The first-order valence-corrected chi connectivity index (χ1v) is 7.82. The monoisotopic (exact) mass is 337 g/mol. The van der Waals surface area contributed by atoms with Crippen molar-refractivity contribution in [2.24, 2.45) is 0 Å². The van der Waals surface area contributed by atoms with Crippen LogP contribution in [0.1, 0.15) is 16.8 Å². The Labute approximate surface area is 143 Å².